The summed E-state index contributed by atoms with van der Waals surface area (Å²) in [4.78, 5) is 0. The minimum absolute atomic E-state index is 0. The normalized spacial score (nSPS) is 20.3. The van der Waals surface area contributed by atoms with Gasteiger partial charge in [-0.1, -0.05) is 17.7 Å². The molecule has 0 heterocycles. The van der Waals surface area contributed by atoms with E-state index in [1.54, 1.807) is 0 Å². The van der Waals surface area contributed by atoms with Crippen molar-refractivity contribution in [1.29, 1.82) is 0 Å². The lowest BCUT2D eigenvalue weighted by Gasteiger charge is -2.21. The number of benzene rings is 1. The topological polar surface area (TPSA) is 26.0 Å². The molecule has 0 spiro atoms. The molecule has 0 bridgehead atoms. The Bertz CT molecular complexity index is 299. The highest BCUT2D eigenvalue weighted by molar-refractivity contribution is 6.30. The first-order valence-corrected chi connectivity index (χ1v) is 4.66. The standard InChI is InChI=1S/C10H12ClN.ClH/c11-9-3-1-8-6-10(12)4-2-7(8)5-9;/h1,3,5,10H,2,4,6,12H2;1H. The molecule has 13 heavy (non-hydrogen) atoms. The zero-order chi connectivity index (χ0) is 8.55. The van der Waals surface area contributed by atoms with Gasteiger partial charge in [0.15, 0.2) is 0 Å². The van der Waals surface area contributed by atoms with Gasteiger partial charge < -0.3 is 5.73 Å². The van der Waals surface area contributed by atoms with Crippen LogP contribution in [-0.4, -0.2) is 6.04 Å². The Morgan fingerprint density at radius 1 is 1.31 bits per heavy atom. The molecule has 1 atom stereocenters. The summed E-state index contributed by atoms with van der Waals surface area (Å²) < 4.78 is 0. The van der Waals surface area contributed by atoms with Crippen molar-refractivity contribution >= 4 is 24.0 Å². The maximum absolute atomic E-state index is 5.88. The van der Waals surface area contributed by atoms with Crippen LogP contribution in [0.1, 0.15) is 17.5 Å². The van der Waals surface area contributed by atoms with Crippen molar-refractivity contribution in [3.63, 3.8) is 0 Å². The minimum Gasteiger partial charge on any atom is -0.327 e. The van der Waals surface area contributed by atoms with E-state index in [2.05, 4.69) is 12.1 Å². The summed E-state index contributed by atoms with van der Waals surface area (Å²) in [5.41, 5.74) is 8.61. The van der Waals surface area contributed by atoms with E-state index >= 15 is 0 Å². The van der Waals surface area contributed by atoms with E-state index in [9.17, 15) is 0 Å². The van der Waals surface area contributed by atoms with Crippen molar-refractivity contribution in [1.82, 2.24) is 0 Å². The third kappa shape index (κ3) is 2.37. The molecule has 0 saturated heterocycles. The highest BCUT2D eigenvalue weighted by Gasteiger charge is 2.14. The fourth-order valence-corrected chi connectivity index (χ4v) is 1.95. The van der Waals surface area contributed by atoms with Crippen LogP contribution in [0, 0.1) is 0 Å². The lowest BCUT2D eigenvalue weighted by molar-refractivity contribution is 0.576. The summed E-state index contributed by atoms with van der Waals surface area (Å²) in [7, 11) is 0. The average Bonchev–Trinajstić information content (AvgIpc) is 2.05. The van der Waals surface area contributed by atoms with E-state index < -0.39 is 0 Å². The molecule has 1 nitrogen and oxygen atoms in total. The predicted octanol–water partition coefficient (Wildman–Crippen LogP) is 2.58. The summed E-state index contributed by atoms with van der Waals surface area (Å²) in [6.07, 6.45) is 3.18. The Kier molecular flexibility index (Phi) is 3.60. The molecule has 2 rings (SSSR count). The van der Waals surface area contributed by atoms with Gasteiger partial charge in [0.25, 0.3) is 0 Å². The Hall–Kier alpha value is -0.240. The van der Waals surface area contributed by atoms with Gasteiger partial charge in [-0.05, 0) is 42.5 Å². The van der Waals surface area contributed by atoms with Crippen LogP contribution < -0.4 is 5.73 Å². The lowest BCUT2D eigenvalue weighted by Crippen LogP contribution is -2.27. The minimum atomic E-state index is 0. The fraction of sp³-hybridized carbons (Fsp3) is 0.400. The molecule has 1 aromatic carbocycles. The highest BCUT2D eigenvalue weighted by atomic mass is 35.5. The Morgan fingerprint density at radius 3 is 2.85 bits per heavy atom. The van der Waals surface area contributed by atoms with Gasteiger partial charge in [0.2, 0.25) is 0 Å². The second-order valence-corrected chi connectivity index (χ2v) is 3.85. The maximum Gasteiger partial charge on any atom is 0.0408 e. The van der Waals surface area contributed by atoms with Crippen LogP contribution in [0.25, 0.3) is 0 Å². The first kappa shape index (κ1) is 10.8. The summed E-state index contributed by atoms with van der Waals surface area (Å²) in [6.45, 7) is 0. The summed E-state index contributed by atoms with van der Waals surface area (Å²) in [5.74, 6) is 0. The first-order chi connectivity index (χ1) is 5.75. The molecule has 0 aromatic heterocycles. The van der Waals surface area contributed by atoms with Crippen LogP contribution >= 0.6 is 24.0 Å². The van der Waals surface area contributed by atoms with E-state index in [1.165, 1.54) is 11.1 Å². The molecule has 3 heteroatoms. The van der Waals surface area contributed by atoms with Gasteiger partial charge >= 0.3 is 0 Å². The molecule has 2 N–H and O–H groups in total. The van der Waals surface area contributed by atoms with E-state index in [0.717, 1.165) is 24.3 Å². The maximum atomic E-state index is 5.88. The van der Waals surface area contributed by atoms with Crippen LogP contribution in [0.3, 0.4) is 0 Å². The first-order valence-electron chi connectivity index (χ1n) is 4.28. The molecule has 0 fully saturated rings. The van der Waals surface area contributed by atoms with Crippen molar-refractivity contribution in [2.24, 2.45) is 5.73 Å². The molecule has 1 aliphatic carbocycles. The number of hydrogen-bond donors (Lipinski definition) is 1. The van der Waals surface area contributed by atoms with Gasteiger partial charge in [-0.15, -0.1) is 12.4 Å². The molecule has 72 valence electrons. The van der Waals surface area contributed by atoms with Crippen LogP contribution in [0.4, 0.5) is 0 Å². The van der Waals surface area contributed by atoms with Crippen LogP contribution in [0.15, 0.2) is 18.2 Å². The van der Waals surface area contributed by atoms with Crippen LogP contribution in [0.5, 0.6) is 0 Å². The molecule has 0 amide bonds. The predicted molar refractivity (Wildman–Crippen MR) is 58.7 cm³/mol. The van der Waals surface area contributed by atoms with Crippen LogP contribution in [-0.2, 0) is 12.8 Å². The molecular formula is C10H13Cl2N. The van der Waals surface area contributed by atoms with Gasteiger partial charge in [-0.2, -0.15) is 0 Å². The molecule has 0 radical (unpaired) electrons. The molecule has 1 unspecified atom stereocenters. The third-order valence-corrected chi connectivity index (χ3v) is 2.67. The van der Waals surface area contributed by atoms with Gasteiger partial charge in [-0.25, -0.2) is 0 Å². The summed E-state index contributed by atoms with van der Waals surface area (Å²) in [5, 5.41) is 0.837. The van der Waals surface area contributed by atoms with Crippen molar-refractivity contribution in [2.75, 3.05) is 0 Å². The number of halogens is 2. The van der Waals surface area contributed by atoms with Crippen LogP contribution in [0.2, 0.25) is 5.02 Å². The quantitative estimate of drug-likeness (QED) is 0.711. The number of aryl methyl sites for hydroxylation is 1. The zero-order valence-electron chi connectivity index (χ0n) is 7.29. The van der Waals surface area contributed by atoms with E-state index in [1.807, 2.05) is 6.07 Å². The lowest BCUT2D eigenvalue weighted by atomic mass is 9.89. The van der Waals surface area contributed by atoms with Crippen molar-refractivity contribution in [2.45, 2.75) is 25.3 Å². The highest BCUT2D eigenvalue weighted by Crippen LogP contribution is 2.23. The van der Waals surface area contributed by atoms with E-state index in [0.29, 0.717) is 6.04 Å². The Labute approximate surface area is 89.7 Å². The second kappa shape index (κ2) is 4.32. The SMILES string of the molecule is Cl.NC1CCc2cc(Cl)ccc2C1. The number of fused-ring (bicyclic) bond motifs is 1. The fourth-order valence-electron chi connectivity index (χ4n) is 1.75. The van der Waals surface area contributed by atoms with Gasteiger partial charge in [0.05, 0.1) is 0 Å². The van der Waals surface area contributed by atoms with Crippen molar-refractivity contribution in [3.8, 4) is 0 Å². The van der Waals surface area contributed by atoms with Crippen molar-refractivity contribution in [3.05, 3.63) is 34.3 Å². The Morgan fingerprint density at radius 2 is 2.08 bits per heavy atom. The zero-order valence-corrected chi connectivity index (χ0v) is 8.87. The second-order valence-electron chi connectivity index (χ2n) is 3.42. The molecular weight excluding hydrogens is 205 g/mol. The molecule has 0 aliphatic heterocycles. The monoisotopic (exact) mass is 217 g/mol. The largest absolute Gasteiger partial charge is 0.327 e. The Balaban J connectivity index is 0.000000845. The van der Waals surface area contributed by atoms with Gasteiger partial charge in [0.1, 0.15) is 0 Å². The van der Waals surface area contributed by atoms with Gasteiger partial charge in [-0.3, -0.25) is 0 Å². The average molecular weight is 218 g/mol. The summed E-state index contributed by atoms with van der Waals surface area (Å²) >= 11 is 5.88. The summed E-state index contributed by atoms with van der Waals surface area (Å²) in [6, 6.07) is 6.44. The van der Waals surface area contributed by atoms with E-state index in [-0.39, 0.29) is 12.4 Å². The third-order valence-electron chi connectivity index (χ3n) is 2.43. The van der Waals surface area contributed by atoms with Gasteiger partial charge in [0, 0.05) is 11.1 Å². The van der Waals surface area contributed by atoms with Crippen molar-refractivity contribution < 1.29 is 0 Å². The molecule has 1 aromatic rings. The molecule has 0 saturated carbocycles. The number of nitrogens with two attached hydrogens (primary N) is 1. The van der Waals surface area contributed by atoms with E-state index in [4.69, 9.17) is 17.3 Å². The molecule has 1 aliphatic rings. The number of hydrogen-bond acceptors (Lipinski definition) is 1. The smallest absolute Gasteiger partial charge is 0.0408 e. The number of rotatable bonds is 0.